The van der Waals surface area contributed by atoms with Gasteiger partial charge in [0.2, 0.25) is 0 Å². The average molecular weight is 275 g/mol. The SMILES string of the molecule is COc1cc(Br)c(CCCO)c(OC)c1. The van der Waals surface area contributed by atoms with Gasteiger partial charge in [0.25, 0.3) is 0 Å². The van der Waals surface area contributed by atoms with E-state index in [1.165, 1.54) is 0 Å². The molecule has 0 saturated heterocycles. The molecule has 0 amide bonds. The average Bonchev–Trinajstić information content (AvgIpc) is 2.26. The number of ether oxygens (including phenoxy) is 2. The molecule has 1 aromatic rings. The Bertz CT molecular complexity index is 326. The summed E-state index contributed by atoms with van der Waals surface area (Å²) in [5.74, 6) is 1.54. The van der Waals surface area contributed by atoms with Gasteiger partial charge in [-0.3, -0.25) is 0 Å². The lowest BCUT2D eigenvalue weighted by molar-refractivity contribution is 0.287. The van der Waals surface area contributed by atoms with Crippen LogP contribution in [0.1, 0.15) is 12.0 Å². The number of rotatable bonds is 5. The number of methoxy groups -OCH3 is 2. The van der Waals surface area contributed by atoms with Gasteiger partial charge in [0.15, 0.2) is 0 Å². The second kappa shape index (κ2) is 5.98. The van der Waals surface area contributed by atoms with Crippen molar-refractivity contribution < 1.29 is 14.6 Å². The second-order valence-corrected chi connectivity index (χ2v) is 3.97. The van der Waals surface area contributed by atoms with Crippen molar-refractivity contribution in [3.63, 3.8) is 0 Å². The Kier molecular flexibility index (Phi) is 4.91. The fourth-order valence-electron chi connectivity index (χ4n) is 1.39. The minimum atomic E-state index is 0.182. The highest BCUT2D eigenvalue weighted by molar-refractivity contribution is 9.10. The first-order chi connectivity index (χ1) is 7.22. The molecule has 0 spiro atoms. The van der Waals surface area contributed by atoms with Gasteiger partial charge in [-0.15, -0.1) is 0 Å². The molecule has 0 atom stereocenters. The van der Waals surface area contributed by atoms with Gasteiger partial charge in [-0.2, -0.15) is 0 Å². The Balaban J connectivity index is 3.01. The first kappa shape index (κ1) is 12.3. The number of aliphatic hydroxyl groups is 1. The van der Waals surface area contributed by atoms with Crippen molar-refractivity contribution in [2.45, 2.75) is 12.8 Å². The predicted octanol–water partition coefficient (Wildman–Crippen LogP) is 2.39. The fraction of sp³-hybridized carbons (Fsp3) is 0.455. The lowest BCUT2D eigenvalue weighted by Crippen LogP contribution is -1.97. The van der Waals surface area contributed by atoms with E-state index in [4.69, 9.17) is 14.6 Å². The van der Waals surface area contributed by atoms with E-state index in [1.807, 2.05) is 12.1 Å². The van der Waals surface area contributed by atoms with Gasteiger partial charge in [0.05, 0.1) is 14.2 Å². The Morgan fingerprint density at radius 3 is 2.53 bits per heavy atom. The molecule has 0 aliphatic heterocycles. The molecule has 1 aromatic carbocycles. The third kappa shape index (κ3) is 3.11. The van der Waals surface area contributed by atoms with Gasteiger partial charge in [0.1, 0.15) is 11.5 Å². The summed E-state index contributed by atoms with van der Waals surface area (Å²) >= 11 is 3.47. The molecule has 0 radical (unpaired) electrons. The molecule has 15 heavy (non-hydrogen) atoms. The standard InChI is InChI=1S/C11H15BrO3/c1-14-8-6-10(12)9(4-3-5-13)11(7-8)15-2/h6-7,13H,3-5H2,1-2H3. The Labute approximate surface area is 98.1 Å². The van der Waals surface area contributed by atoms with Crippen LogP contribution in [0.25, 0.3) is 0 Å². The monoisotopic (exact) mass is 274 g/mol. The highest BCUT2D eigenvalue weighted by Crippen LogP contribution is 2.33. The number of aliphatic hydroxyl groups excluding tert-OH is 1. The maximum Gasteiger partial charge on any atom is 0.126 e. The minimum absolute atomic E-state index is 0.182. The van der Waals surface area contributed by atoms with Gasteiger partial charge in [-0.25, -0.2) is 0 Å². The molecule has 0 bridgehead atoms. The van der Waals surface area contributed by atoms with Crippen LogP contribution in [0, 0.1) is 0 Å². The van der Waals surface area contributed by atoms with Crippen LogP contribution in [0.5, 0.6) is 11.5 Å². The molecule has 4 heteroatoms. The van der Waals surface area contributed by atoms with Crippen molar-refractivity contribution in [2.24, 2.45) is 0 Å². The Hall–Kier alpha value is -0.740. The van der Waals surface area contributed by atoms with Gasteiger partial charge in [-0.1, -0.05) is 15.9 Å². The number of halogens is 1. The van der Waals surface area contributed by atoms with E-state index in [1.54, 1.807) is 14.2 Å². The van der Waals surface area contributed by atoms with Crippen molar-refractivity contribution in [3.05, 3.63) is 22.2 Å². The second-order valence-electron chi connectivity index (χ2n) is 3.12. The number of benzene rings is 1. The molecule has 1 rings (SSSR count). The maximum absolute atomic E-state index is 8.80. The molecular weight excluding hydrogens is 260 g/mol. The molecule has 3 nitrogen and oxygen atoms in total. The van der Waals surface area contributed by atoms with Gasteiger partial charge >= 0.3 is 0 Å². The van der Waals surface area contributed by atoms with E-state index < -0.39 is 0 Å². The van der Waals surface area contributed by atoms with Crippen molar-refractivity contribution in [1.82, 2.24) is 0 Å². The van der Waals surface area contributed by atoms with Crippen molar-refractivity contribution in [2.75, 3.05) is 20.8 Å². The van der Waals surface area contributed by atoms with Crippen LogP contribution in [-0.4, -0.2) is 25.9 Å². The normalized spacial score (nSPS) is 10.1. The van der Waals surface area contributed by atoms with Crippen LogP contribution < -0.4 is 9.47 Å². The van der Waals surface area contributed by atoms with Gasteiger partial charge < -0.3 is 14.6 Å². The van der Waals surface area contributed by atoms with Crippen molar-refractivity contribution in [3.8, 4) is 11.5 Å². The van der Waals surface area contributed by atoms with E-state index in [-0.39, 0.29) is 6.61 Å². The van der Waals surface area contributed by atoms with E-state index in [9.17, 15) is 0 Å². The summed E-state index contributed by atoms with van der Waals surface area (Å²) in [7, 11) is 3.25. The molecule has 1 N–H and O–H groups in total. The topological polar surface area (TPSA) is 38.7 Å². The third-order valence-corrected chi connectivity index (χ3v) is 2.88. The smallest absolute Gasteiger partial charge is 0.126 e. The Morgan fingerprint density at radius 2 is 2.00 bits per heavy atom. The first-order valence-corrected chi connectivity index (χ1v) is 5.53. The van der Waals surface area contributed by atoms with Gasteiger partial charge in [-0.05, 0) is 18.9 Å². The fourth-order valence-corrected chi connectivity index (χ4v) is 2.01. The van der Waals surface area contributed by atoms with Crippen LogP contribution in [0.4, 0.5) is 0 Å². The van der Waals surface area contributed by atoms with Crippen LogP contribution >= 0.6 is 15.9 Å². The molecule has 0 heterocycles. The zero-order valence-electron chi connectivity index (χ0n) is 8.92. The quantitative estimate of drug-likeness (QED) is 0.896. The van der Waals surface area contributed by atoms with Crippen LogP contribution in [0.15, 0.2) is 16.6 Å². The summed E-state index contributed by atoms with van der Waals surface area (Å²) in [4.78, 5) is 0. The lowest BCUT2D eigenvalue weighted by Gasteiger charge is -2.12. The highest BCUT2D eigenvalue weighted by Gasteiger charge is 2.09. The zero-order chi connectivity index (χ0) is 11.3. The maximum atomic E-state index is 8.80. The molecule has 0 saturated carbocycles. The van der Waals surface area contributed by atoms with Crippen LogP contribution in [-0.2, 0) is 6.42 Å². The highest BCUT2D eigenvalue weighted by atomic mass is 79.9. The van der Waals surface area contributed by atoms with E-state index >= 15 is 0 Å². The van der Waals surface area contributed by atoms with E-state index in [0.29, 0.717) is 0 Å². The molecular formula is C11H15BrO3. The van der Waals surface area contributed by atoms with Crippen LogP contribution in [0.2, 0.25) is 0 Å². The molecule has 0 aliphatic carbocycles. The third-order valence-electron chi connectivity index (χ3n) is 2.17. The van der Waals surface area contributed by atoms with Crippen LogP contribution in [0.3, 0.4) is 0 Å². The zero-order valence-corrected chi connectivity index (χ0v) is 10.5. The summed E-state index contributed by atoms with van der Waals surface area (Å²) in [6, 6.07) is 3.74. The van der Waals surface area contributed by atoms with E-state index in [0.717, 1.165) is 34.4 Å². The number of hydrogen-bond donors (Lipinski definition) is 1. The largest absolute Gasteiger partial charge is 0.497 e. The molecule has 0 aromatic heterocycles. The van der Waals surface area contributed by atoms with Crippen molar-refractivity contribution in [1.29, 1.82) is 0 Å². The van der Waals surface area contributed by atoms with E-state index in [2.05, 4.69) is 15.9 Å². The number of hydrogen-bond acceptors (Lipinski definition) is 3. The minimum Gasteiger partial charge on any atom is -0.497 e. The lowest BCUT2D eigenvalue weighted by atomic mass is 10.1. The molecule has 84 valence electrons. The Morgan fingerprint density at radius 1 is 1.27 bits per heavy atom. The predicted molar refractivity (Wildman–Crippen MR) is 62.7 cm³/mol. The summed E-state index contributed by atoms with van der Waals surface area (Å²) in [5, 5.41) is 8.80. The summed E-state index contributed by atoms with van der Waals surface area (Å²) in [6.45, 7) is 0.182. The summed E-state index contributed by atoms with van der Waals surface area (Å²) < 4.78 is 11.4. The van der Waals surface area contributed by atoms with Crippen molar-refractivity contribution >= 4 is 15.9 Å². The molecule has 0 unspecified atom stereocenters. The summed E-state index contributed by atoms with van der Waals surface area (Å²) in [6.07, 6.45) is 1.51. The molecule has 0 aliphatic rings. The molecule has 0 fully saturated rings. The van der Waals surface area contributed by atoms with Gasteiger partial charge in [0, 0.05) is 22.7 Å². The first-order valence-electron chi connectivity index (χ1n) is 4.74. The summed E-state index contributed by atoms with van der Waals surface area (Å²) in [5.41, 5.74) is 1.06.